The summed E-state index contributed by atoms with van der Waals surface area (Å²) in [4.78, 5) is 15.1. The summed E-state index contributed by atoms with van der Waals surface area (Å²) in [5, 5.41) is 6.35. The van der Waals surface area contributed by atoms with Crippen molar-refractivity contribution in [2.24, 2.45) is 5.41 Å². The van der Waals surface area contributed by atoms with Crippen LogP contribution in [-0.2, 0) is 9.53 Å². The maximum atomic E-state index is 12.8. The Balaban J connectivity index is 0.00000364. The molecular weight excluding hydrogens is 401 g/mol. The van der Waals surface area contributed by atoms with Gasteiger partial charge in [-0.3, -0.25) is 4.79 Å². The van der Waals surface area contributed by atoms with Crippen LogP contribution in [0.1, 0.15) is 26.7 Å². The number of likely N-dealkylation sites (N-methyl/N-ethyl adjacent to an activating group) is 1. The number of carbonyl (C=O) groups is 1. The number of ether oxygens (including phenoxy) is 2. The van der Waals surface area contributed by atoms with Gasteiger partial charge in [0.05, 0.1) is 12.0 Å². The molecule has 8 heteroatoms. The van der Waals surface area contributed by atoms with Gasteiger partial charge in [0.1, 0.15) is 12.4 Å². The van der Waals surface area contributed by atoms with Gasteiger partial charge in [-0.05, 0) is 63.3 Å². The number of hydrogen-bond donors (Lipinski definition) is 2. The van der Waals surface area contributed by atoms with Gasteiger partial charge in [0.15, 0.2) is 0 Å². The summed E-state index contributed by atoms with van der Waals surface area (Å²) in [6, 6.07) is 7.60. The van der Waals surface area contributed by atoms with Gasteiger partial charge >= 0.3 is 0 Å². The van der Waals surface area contributed by atoms with Crippen molar-refractivity contribution in [3.05, 3.63) is 24.3 Å². The molecule has 2 rings (SSSR count). The highest BCUT2D eigenvalue weighted by Crippen LogP contribution is 2.31. The predicted molar refractivity (Wildman–Crippen MR) is 119 cm³/mol. The minimum Gasteiger partial charge on any atom is -0.492 e. The molecule has 0 aromatic heterocycles. The first-order valence-electron chi connectivity index (χ1n) is 9.60. The van der Waals surface area contributed by atoms with E-state index in [2.05, 4.69) is 29.4 Å². The standard InChI is InChI=1S/C20H33N3O3.2ClH/c1-4-23(5-2)14-15-26-18-8-6-17(7-9-18)22-19(24)20(16-25-3)10-12-21-13-11-20;;/h6-9,21H,4-5,10-16H2,1-3H3,(H,22,24);2*1H. The van der Waals surface area contributed by atoms with Crippen LogP contribution in [-0.4, -0.2) is 63.9 Å². The molecule has 1 amide bonds. The second-order valence-corrected chi connectivity index (χ2v) is 6.82. The van der Waals surface area contributed by atoms with Gasteiger partial charge in [-0.15, -0.1) is 24.8 Å². The number of carbonyl (C=O) groups excluding carboxylic acids is 1. The van der Waals surface area contributed by atoms with Gasteiger partial charge in [-0.25, -0.2) is 0 Å². The zero-order valence-corrected chi connectivity index (χ0v) is 18.8. The van der Waals surface area contributed by atoms with Crippen molar-refractivity contribution in [3.63, 3.8) is 0 Å². The van der Waals surface area contributed by atoms with Crippen LogP contribution in [0.3, 0.4) is 0 Å². The molecule has 0 atom stereocenters. The molecule has 28 heavy (non-hydrogen) atoms. The van der Waals surface area contributed by atoms with E-state index in [-0.39, 0.29) is 30.7 Å². The summed E-state index contributed by atoms with van der Waals surface area (Å²) in [7, 11) is 1.65. The maximum absolute atomic E-state index is 12.8. The summed E-state index contributed by atoms with van der Waals surface area (Å²) in [5.41, 5.74) is 0.346. The molecule has 1 saturated heterocycles. The summed E-state index contributed by atoms with van der Waals surface area (Å²) in [5.74, 6) is 0.861. The van der Waals surface area contributed by atoms with Crippen LogP contribution < -0.4 is 15.4 Å². The molecule has 6 nitrogen and oxygen atoms in total. The number of benzene rings is 1. The molecule has 1 aliphatic heterocycles. The lowest BCUT2D eigenvalue weighted by Gasteiger charge is -2.35. The van der Waals surface area contributed by atoms with E-state index < -0.39 is 5.41 Å². The van der Waals surface area contributed by atoms with Gasteiger partial charge < -0.3 is 25.0 Å². The maximum Gasteiger partial charge on any atom is 0.233 e. The van der Waals surface area contributed by atoms with Crippen molar-refractivity contribution in [2.75, 3.05) is 58.4 Å². The topological polar surface area (TPSA) is 62.8 Å². The van der Waals surface area contributed by atoms with E-state index >= 15 is 0 Å². The fourth-order valence-electron chi connectivity index (χ4n) is 3.35. The minimum atomic E-state index is -0.446. The second kappa shape index (κ2) is 14.0. The number of rotatable bonds is 10. The number of nitrogens with zero attached hydrogens (tertiary/aromatic N) is 1. The second-order valence-electron chi connectivity index (χ2n) is 6.82. The SMILES string of the molecule is CCN(CC)CCOc1ccc(NC(=O)C2(COC)CCNCC2)cc1.Cl.Cl. The number of methoxy groups -OCH3 is 1. The lowest BCUT2D eigenvalue weighted by atomic mass is 9.78. The van der Waals surface area contributed by atoms with Crippen LogP contribution in [0.4, 0.5) is 5.69 Å². The summed E-state index contributed by atoms with van der Waals surface area (Å²) in [6.07, 6.45) is 1.58. The Labute approximate surface area is 181 Å². The number of amides is 1. The number of hydrogen-bond acceptors (Lipinski definition) is 5. The van der Waals surface area contributed by atoms with Crippen molar-refractivity contribution in [1.29, 1.82) is 0 Å². The molecule has 0 bridgehead atoms. The minimum absolute atomic E-state index is 0. The van der Waals surface area contributed by atoms with E-state index in [1.54, 1.807) is 7.11 Å². The molecule has 1 heterocycles. The largest absolute Gasteiger partial charge is 0.492 e. The van der Waals surface area contributed by atoms with Crippen molar-refractivity contribution in [3.8, 4) is 5.75 Å². The summed E-state index contributed by atoms with van der Waals surface area (Å²) < 4.78 is 11.1. The first-order valence-corrected chi connectivity index (χ1v) is 9.60. The Hall–Kier alpha value is -1.05. The first kappa shape index (κ1) is 27.0. The quantitative estimate of drug-likeness (QED) is 0.590. The Morgan fingerprint density at radius 2 is 1.75 bits per heavy atom. The van der Waals surface area contributed by atoms with Crippen LogP contribution in [0, 0.1) is 5.41 Å². The third-order valence-corrected chi connectivity index (χ3v) is 5.15. The smallest absolute Gasteiger partial charge is 0.233 e. The van der Waals surface area contributed by atoms with E-state index in [4.69, 9.17) is 9.47 Å². The van der Waals surface area contributed by atoms with Crippen molar-refractivity contribution in [2.45, 2.75) is 26.7 Å². The van der Waals surface area contributed by atoms with Crippen molar-refractivity contribution in [1.82, 2.24) is 10.2 Å². The van der Waals surface area contributed by atoms with Crippen molar-refractivity contribution >= 4 is 36.4 Å². The Kier molecular flexibility index (Phi) is 13.5. The normalized spacial score (nSPS) is 15.3. The highest BCUT2D eigenvalue weighted by Gasteiger charge is 2.39. The molecule has 162 valence electrons. The molecule has 0 unspecified atom stereocenters. The Bertz CT molecular complexity index is 543. The lowest BCUT2D eigenvalue weighted by molar-refractivity contribution is -0.130. The predicted octanol–water partition coefficient (Wildman–Crippen LogP) is 3.21. The molecular formula is C20H35Cl2N3O3. The third-order valence-electron chi connectivity index (χ3n) is 5.15. The molecule has 1 aromatic rings. The summed E-state index contributed by atoms with van der Waals surface area (Å²) >= 11 is 0. The van der Waals surface area contributed by atoms with Crippen LogP contribution in [0.25, 0.3) is 0 Å². The zero-order valence-electron chi connectivity index (χ0n) is 17.2. The number of piperidine rings is 1. The van der Waals surface area contributed by atoms with Crippen LogP contribution in [0.2, 0.25) is 0 Å². The van der Waals surface area contributed by atoms with E-state index in [1.165, 1.54) is 0 Å². The molecule has 1 aromatic carbocycles. The van der Waals surface area contributed by atoms with E-state index in [0.29, 0.717) is 13.2 Å². The Morgan fingerprint density at radius 3 is 2.29 bits per heavy atom. The average Bonchev–Trinajstić information content (AvgIpc) is 2.67. The number of anilines is 1. The highest BCUT2D eigenvalue weighted by molar-refractivity contribution is 5.95. The van der Waals surface area contributed by atoms with Gasteiger partial charge in [0.2, 0.25) is 5.91 Å². The third kappa shape index (κ3) is 7.76. The van der Waals surface area contributed by atoms with Gasteiger partial charge in [0, 0.05) is 19.3 Å². The molecule has 0 spiro atoms. The molecule has 2 N–H and O–H groups in total. The molecule has 1 fully saturated rings. The van der Waals surface area contributed by atoms with E-state index in [9.17, 15) is 4.79 Å². The van der Waals surface area contributed by atoms with Gasteiger partial charge in [0.25, 0.3) is 0 Å². The fourth-order valence-corrected chi connectivity index (χ4v) is 3.35. The highest BCUT2D eigenvalue weighted by atomic mass is 35.5. The summed E-state index contributed by atoms with van der Waals surface area (Å²) in [6.45, 7) is 10.1. The van der Waals surface area contributed by atoms with Crippen LogP contribution in [0.15, 0.2) is 24.3 Å². The molecule has 0 aliphatic carbocycles. The monoisotopic (exact) mass is 435 g/mol. The van der Waals surface area contributed by atoms with E-state index in [1.807, 2.05) is 24.3 Å². The number of nitrogens with one attached hydrogen (secondary N) is 2. The van der Waals surface area contributed by atoms with Crippen molar-refractivity contribution < 1.29 is 14.3 Å². The van der Waals surface area contributed by atoms with Gasteiger partial charge in [-0.2, -0.15) is 0 Å². The van der Waals surface area contributed by atoms with E-state index in [0.717, 1.165) is 57.0 Å². The first-order chi connectivity index (χ1) is 12.6. The zero-order chi connectivity index (χ0) is 18.8. The van der Waals surface area contributed by atoms with Gasteiger partial charge in [-0.1, -0.05) is 13.8 Å². The fraction of sp³-hybridized carbons (Fsp3) is 0.650. The Morgan fingerprint density at radius 1 is 1.14 bits per heavy atom. The molecule has 1 aliphatic rings. The van der Waals surface area contributed by atoms with Crippen LogP contribution in [0.5, 0.6) is 5.75 Å². The molecule has 0 saturated carbocycles. The average molecular weight is 436 g/mol. The molecule has 0 radical (unpaired) electrons. The number of halogens is 2. The lowest BCUT2D eigenvalue weighted by Crippen LogP contribution is -2.47. The van der Waals surface area contributed by atoms with Crippen LogP contribution >= 0.6 is 24.8 Å².